The molecule has 1 aliphatic rings. The van der Waals surface area contributed by atoms with E-state index in [9.17, 15) is 14.4 Å². The van der Waals surface area contributed by atoms with Crippen LogP contribution in [0.3, 0.4) is 0 Å². The number of ether oxygens (including phenoxy) is 4. The molecule has 1 fully saturated rings. The summed E-state index contributed by atoms with van der Waals surface area (Å²) in [6.07, 6.45) is 2.05. The van der Waals surface area contributed by atoms with Crippen LogP contribution in [0.5, 0.6) is 0 Å². The van der Waals surface area contributed by atoms with Gasteiger partial charge < -0.3 is 23.5 Å². The lowest BCUT2D eigenvalue weighted by atomic mass is 10.0. The van der Waals surface area contributed by atoms with Gasteiger partial charge in [0.25, 0.3) is 0 Å². The SMILES string of the molecule is CSC(=NCc1cn(C2OCC(OC(C)=O)C(OC(C)=O)C2OC(C)=O)c2ccccc12)SC. The molecule has 1 aromatic heterocycles. The summed E-state index contributed by atoms with van der Waals surface area (Å²) < 4.78 is 25.3. The fourth-order valence-corrected chi connectivity index (χ4v) is 4.99. The van der Waals surface area contributed by atoms with Crippen molar-refractivity contribution in [3.05, 3.63) is 36.0 Å². The molecule has 4 atom stereocenters. The molecule has 0 radical (unpaired) electrons. The highest BCUT2D eigenvalue weighted by Gasteiger charge is 2.48. The van der Waals surface area contributed by atoms with Crippen LogP contribution >= 0.6 is 23.5 Å². The number of fused-ring (bicyclic) bond motifs is 1. The van der Waals surface area contributed by atoms with Crippen molar-refractivity contribution >= 4 is 56.7 Å². The van der Waals surface area contributed by atoms with Gasteiger partial charge in [-0.05, 0) is 24.1 Å². The van der Waals surface area contributed by atoms with E-state index in [0.29, 0.717) is 6.54 Å². The average Bonchev–Trinajstić information content (AvgIpc) is 3.14. The Hall–Kier alpha value is -2.50. The van der Waals surface area contributed by atoms with Crippen LogP contribution in [0.2, 0.25) is 0 Å². The van der Waals surface area contributed by atoms with E-state index in [1.807, 2.05) is 47.5 Å². The van der Waals surface area contributed by atoms with Gasteiger partial charge >= 0.3 is 17.9 Å². The van der Waals surface area contributed by atoms with Crippen LogP contribution in [0, 0.1) is 0 Å². The molecule has 9 nitrogen and oxygen atoms in total. The molecule has 0 spiro atoms. The molecule has 11 heteroatoms. The van der Waals surface area contributed by atoms with Gasteiger partial charge in [0, 0.05) is 32.4 Å². The molecule has 0 N–H and O–H groups in total. The van der Waals surface area contributed by atoms with Crippen molar-refractivity contribution in [1.82, 2.24) is 4.57 Å². The number of hydrogen-bond acceptors (Lipinski definition) is 10. The molecule has 0 bridgehead atoms. The summed E-state index contributed by atoms with van der Waals surface area (Å²) in [7, 11) is 0. The van der Waals surface area contributed by atoms with Crippen LogP contribution in [0.25, 0.3) is 10.9 Å². The van der Waals surface area contributed by atoms with Gasteiger partial charge in [0.05, 0.1) is 18.7 Å². The van der Waals surface area contributed by atoms with Crippen molar-refractivity contribution in [2.24, 2.45) is 4.99 Å². The Morgan fingerprint density at radius 1 is 1.00 bits per heavy atom. The fourth-order valence-electron chi connectivity index (χ4n) is 3.94. The minimum Gasteiger partial charge on any atom is -0.456 e. The van der Waals surface area contributed by atoms with Gasteiger partial charge in [0.1, 0.15) is 4.38 Å². The van der Waals surface area contributed by atoms with Gasteiger partial charge in [-0.2, -0.15) is 0 Å². The van der Waals surface area contributed by atoms with Crippen molar-refractivity contribution in [3.63, 3.8) is 0 Å². The van der Waals surface area contributed by atoms with E-state index in [4.69, 9.17) is 18.9 Å². The first-order valence-corrected chi connectivity index (χ1v) is 13.0. The lowest BCUT2D eigenvalue weighted by molar-refractivity contribution is -0.239. The maximum Gasteiger partial charge on any atom is 0.303 e. The number of aliphatic imine (C=N–C) groups is 1. The second kappa shape index (κ2) is 11.8. The first kappa shape index (κ1) is 26.1. The van der Waals surface area contributed by atoms with Crippen molar-refractivity contribution in [2.45, 2.75) is 51.9 Å². The lowest BCUT2D eigenvalue weighted by Gasteiger charge is -2.41. The number of carbonyl (C=O) groups excluding carboxylic acids is 3. The highest BCUT2D eigenvalue weighted by molar-refractivity contribution is 8.38. The van der Waals surface area contributed by atoms with Gasteiger partial charge in [-0.1, -0.05) is 18.2 Å². The summed E-state index contributed by atoms with van der Waals surface area (Å²) in [5.74, 6) is -1.73. The van der Waals surface area contributed by atoms with Crippen LogP contribution < -0.4 is 0 Å². The third-order valence-electron chi connectivity index (χ3n) is 5.15. The topological polar surface area (TPSA) is 105 Å². The molecule has 0 amide bonds. The summed E-state index contributed by atoms with van der Waals surface area (Å²) in [5, 5.41) is 0.976. The van der Waals surface area contributed by atoms with E-state index >= 15 is 0 Å². The number of aromatic nitrogens is 1. The highest BCUT2D eigenvalue weighted by Crippen LogP contribution is 2.35. The summed E-state index contributed by atoms with van der Waals surface area (Å²) in [4.78, 5) is 40.2. The number of benzene rings is 1. The van der Waals surface area contributed by atoms with Gasteiger partial charge in [-0.3, -0.25) is 19.4 Å². The molecule has 1 aromatic carbocycles. The molecular formula is C23H28N2O7S2. The number of rotatable bonds is 6. The number of thioether (sulfide) groups is 2. The third kappa shape index (κ3) is 6.13. The molecule has 184 valence electrons. The van der Waals surface area contributed by atoms with Gasteiger partial charge in [0.15, 0.2) is 24.5 Å². The first-order chi connectivity index (χ1) is 16.2. The Morgan fingerprint density at radius 3 is 2.24 bits per heavy atom. The van der Waals surface area contributed by atoms with Gasteiger partial charge in [-0.25, -0.2) is 0 Å². The van der Waals surface area contributed by atoms with Crippen molar-refractivity contribution < 1.29 is 33.3 Å². The Bertz CT molecular complexity index is 1080. The van der Waals surface area contributed by atoms with Crippen LogP contribution in [0.4, 0.5) is 0 Å². The summed E-state index contributed by atoms with van der Waals surface area (Å²) >= 11 is 3.16. The van der Waals surface area contributed by atoms with Crippen molar-refractivity contribution in [2.75, 3.05) is 19.1 Å². The van der Waals surface area contributed by atoms with Gasteiger partial charge in [0.2, 0.25) is 0 Å². The molecule has 0 aliphatic carbocycles. The monoisotopic (exact) mass is 508 g/mol. The summed E-state index contributed by atoms with van der Waals surface area (Å²) in [6, 6.07) is 7.76. The van der Waals surface area contributed by atoms with E-state index in [-0.39, 0.29) is 6.61 Å². The van der Waals surface area contributed by atoms with Crippen molar-refractivity contribution in [3.8, 4) is 0 Å². The van der Waals surface area contributed by atoms with Crippen LogP contribution in [-0.2, 0) is 39.9 Å². The third-order valence-corrected chi connectivity index (χ3v) is 7.11. The normalized spacial score (nSPS) is 22.1. The van der Waals surface area contributed by atoms with E-state index in [1.165, 1.54) is 20.8 Å². The zero-order valence-electron chi connectivity index (χ0n) is 19.7. The minimum absolute atomic E-state index is 0.0386. The van der Waals surface area contributed by atoms with Crippen LogP contribution in [0.15, 0.2) is 35.5 Å². The molecule has 0 saturated carbocycles. The predicted molar refractivity (Wildman–Crippen MR) is 132 cm³/mol. The van der Waals surface area contributed by atoms with Crippen molar-refractivity contribution in [1.29, 1.82) is 0 Å². The quantitative estimate of drug-likeness (QED) is 0.251. The zero-order chi connectivity index (χ0) is 24.8. The summed E-state index contributed by atoms with van der Waals surface area (Å²) in [6.45, 7) is 4.18. The molecule has 4 unspecified atom stereocenters. The zero-order valence-corrected chi connectivity index (χ0v) is 21.3. The Kier molecular flexibility index (Phi) is 9.03. The number of hydrogen-bond donors (Lipinski definition) is 0. The molecule has 2 heterocycles. The second-order valence-electron chi connectivity index (χ2n) is 7.59. The molecule has 34 heavy (non-hydrogen) atoms. The molecule has 1 aliphatic heterocycles. The Balaban J connectivity index is 2.06. The largest absolute Gasteiger partial charge is 0.456 e. The molecule has 2 aromatic rings. The number of para-hydroxylation sites is 1. The van der Waals surface area contributed by atoms with Gasteiger partial charge in [-0.15, -0.1) is 23.5 Å². The van der Waals surface area contributed by atoms with E-state index in [2.05, 4.69) is 4.99 Å². The number of nitrogens with zero attached hydrogens (tertiary/aromatic N) is 2. The highest BCUT2D eigenvalue weighted by atomic mass is 32.2. The minimum atomic E-state index is -1.04. The lowest BCUT2D eigenvalue weighted by Crippen LogP contribution is -2.55. The smallest absolute Gasteiger partial charge is 0.303 e. The fraction of sp³-hybridized carbons (Fsp3) is 0.478. The van der Waals surface area contributed by atoms with Crippen LogP contribution in [-0.4, -0.2) is 64.3 Å². The summed E-state index contributed by atoms with van der Waals surface area (Å²) in [5.41, 5.74) is 1.81. The van der Waals surface area contributed by atoms with E-state index in [0.717, 1.165) is 20.8 Å². The maximum atomic E-state index is 12.0. The second-order valence-corrected chi connectivity index (χ2v) is 9.44. The first-order valence-electron chi connectivity index (χ1n) is 10.6. The number of carbonyl (C=O) groups is 3. The van der Waals surface area contributed by atoms with Crippen LogP contribution in [0.1, 0.15) is 32.6 Å². The molecule has 3 rings (SSSR count). The molecule has 1 saturated heterocycles. The maximum absolute atomic E-state index is 12.0. The Labute approximate surface area is 206 Å². The molecular weight excluding hydrogens is 480 g/mol. The number of esters is 3. The Morgan fingerprint density at radius 2 is 1.62 bits per heavy atom. The predicted octanol–water partition coefficient (Wildman–Crippen LogP) is 3.55. The van der Waals surface area contributed by atoms with E-state index in [1.54, 1.807) is 23.5 Å². The average molecular weight is 509 g/mol. The standard InChI is InChI=1S/C23H28N2O7S2/c1-13(26)30-19-12-29-22(21(32-15(3)28)20(19)31-14(2)27)25-11-16(10-24-23(33-4)34-5)17-8-6-7-9-18(17)25/h6-9,11,19-22H,10,12H2,1-5H3. The van der Waals surface area contributed by atoms with E-state index < -0.39 is 42.4 Å².